The van der Waals surface area contributed by atoms with Gasteiger partial charge in [0.2, 0.25) is 5.91 Å². The topological polar surface area (TPSA) is 111 Å². The number of nitrogens with zero attached hydrogens (tertiary/aromatic N) is 2. The van der Waals surface area contributed by atoms with Crippen molar-refractivity contribution < 1.29 is 27.2 Å². The number of halogens is 4. The summed E-state index contributed by atoms with van der Waals surface area (Å²) >= 11 is 0. The Balaban J connectivity index is 1.43. The van der Waals surface area contributed by atoms with Gasteiger partial charge in [-0.2, -0.15) is 5.10 Å². The molecule has 2 unspecified atom stereocenters. The van der Waals surface area contributed by atoms with Crippen molar-refractivity contribution in [2.75, 3.05) is 10.6 Å². The number of nitrogens with one attached hydrogen (secondary N) is 4. The van der Waals surface area contributed by atoms with Crippen molar-refractivity contribution in [3.8, 4) is 0 Å². The highest BCUT2D eigenvalue weighted by atomic mass is 19.2. The fourth-order valence-electron chi connectivity index (χ4n) is 4.21. The number of hydrogen-bond donors (Lipinski definition) is 4. The summed E-state index contributed by atoms with van der Waals surface area (Å²) in [6, 6.07) is 9.22. The molecule has 0 radical (unpaired) electrons. The highest BCUT2D eigenvalue weighted by molar-refractivity contribution is 6.13. The minimum Gasteiger partial charge on any atom is -0.338 e. The van der Waals surface area contributed by atoms with E-state index in [0.717, 1.165) is 30.3 Å². The highest BCUT2D eigenvalue weighted by Gasteiger charge is 2.37. The number of anilines is 3. The second kappa shape index (κ2) is 9.37. The van der Waals surface area contributed by atoms with Gasteiger partial charge in [-0.25, -0.2) is 27.3 Å². The second-order valence-electron chi connectivity index (χ2n) is 8.44. The fraction of sp³-hybridized carbons (Fsp3) is 0.120. The molecular weight excluding hydrogens is 492 g/mol. The maximum absolute atomic E-state index is 13.9. The number of benzene rings is 3. The van der Waals surface area contributed by atoms with Gasteiger partial charge in [-0.05, 0) is 55.0 Å². The van der Waals surface area contributed by atoms with Crippen molar-refractivity contribution in [2.45, 2.75) is 13.0 Å². The van der Waals surface area contributed by atoms with Crippen LogP contribution in [0, 0.1) is 29.2 Å². The second-order valence-corrected chi connectivity index (χ2v) is 8.44. The summed E-state index contributed by atoms with van der Waals surface area (Å²) in [7, 11) is 0. The standard InChI is InChI=1S/C25H18F4N6O2/c1-11-21(22(33-25(37)30-11)12-2-4-18(28)19(29)6-12)24(36)32-15-3-5-20-17(10-15)23(35-34-20)31-16-8-13(26)7-14(27)9-16/h2-10,21-22H,1H3,(H,32,36)(H,33,37)(H2,31,34,35). The van der Waals surface area contributed by atoms with Crippen molar-refractivity contribution in [1.82, 2.24) is 15.5 Å². The maximum Gasteiger partial charge on any atom is 0.341 e. The monoisotopic (exact) mass is 510 g/mol. The Morgan fingerprint density at radius 2 is 1.68 bits per heavy atom. The summed E-state index contributed by atoms with van der Waals surface area (Å²) in [5, 5.41) is 15.5. The van der Waals surface area contributed by atoms with Crippen LogP contribution in [0.5, 0.6) is 0 Å². The van der Waals surface area contributed by atoms with Gasteiger partial charge in [0.25, 0.3) is 0 Å². The summed E-state index contributed by atoms with van der Waals surface area (Å²) in [5.41, 5.74) is 1.46. The summed E-state index contributed by atoms with van der Waals surface area (Å²) in [4.78, 5) is 29.1. The van der Waals surface area contributed by atoms with E-state index < -0.39 is 47.2 Å². The van der Waals surface area contributed by atoms with Gasteiger partial charge in [-0.3, -0.25) is 9.89 Å². The average Bonchev–Trinajstić information content (AvgIpc) is 3.21. The Morgan fingerprint density at radius 1 is 0.919 bits per heavy atom. The minimum absolute atomic E-state index is 0.138. The predicted octanol–water partition coefficient (Wildman–Crippen LogP) is 5.34. The first-order valence-corrected chi connectivity index (χ1v) is 11.0. The van der Waals surface area contributed by atoms with Crippen molar-refractivity contribution in [2.24, 2.45) is 10.9 Å². The molecule has 3 aromatic carbocycles. The van der Waals surface area contributed by atoms with E-state index in [0.29, 0.717) is 16.6 Å². The van der Waals surface area contributed by atoms with E-state index in [1.165, 1.54) is 13.0 Å². The Kier molecular flexibility index (Phi) is 6.07. The quantitative estimate of drug-likeness (QED) is 0.272. The first-order chi connectivity index (χ1) is 17.7. The number of fused-ring (bicyclic) bond motifs is 1. The smallest absolute Gasteiger partial charge is 0.338 e. The molecule has 0 fully saturated rings. The number of urea groups is 1. The highest BCUT2D eigenvalue weighted by Crippen LogP contribution is 2.31. The first-order valence-electron chi connectivity index (χ1n) is 11.0. The molecule has 0 aliphatic carbocycles. The molecule has 4 aromatic rings. The van der Waals surface area contributed by atoms with Gasteiger partial charge in [0.05, 0.1) is 11.6 Å². The van der Waals surface area contributed by atoms with Gasteiger partial charge in [-0.1, -0.05) is 6.07 Å². The molecule has 2 atom stereocenters. The molecule has 0 bridgehead atoms. The number of H-pyrrole nitrogens is 1. The van der Waals surface area contributed by atoms with E-state index >= 15 is 0 Å². The molecule has 0 saturated carbocycles. The lowest BCUT2D eigenvalue weighted by Crippen LogP contribution is -2.45. The van der Waals surface area contributed by atoms with E-state index in [-0.39, 0.29) is 22.8 Å². The van der Waals surface area contributed by atoms with Gasteiger partial charge in [0, 0.05) is 28.5 Å². The summed E-state index contributed by atoms with van der Waals surface area (Å²) in [6.07, 6.45) is 0. The Hall–Kier alpha value is -4.74. The SMILES string of the molecule is CC1=NC(=O)NC(c2ccc(F)c(F)c2)C1C(=O)Nc1ccc2[nH]nc(Nc3cc(F)cc(F)c3)c2c1. The van der Waals surface area contributed by atoms with Crippen LogP contribution in [0.25, 0.3) is 10.9 Å². The predicted molar refractivity (Wildman–Crippen MR) is 129 cm³/mol. The van der Waals surface area contributed by atoms with Gasteiger partial charge >= 0.3 is 6.03 Å². The molecule has 1 aliphatic heterocycles. The van der Waals surface area contributed by atoms with Crippen LogP contribution in [0.4, 0.5) is 39.5 Å². The molecule has 5 rings (SSSR count). The third-order valence-electron chi connectivity index (χ3n) is 5.88. The van der Waals surface area contributed by atoms with Crippen LogP contribution >= 0.6 is 0 Å². The fourth-order valence-corrected chi connectivity index (χ4v) is 4.21. The van der Waals surface area contributed by atoms with E-state index in [4.69, 9.17) is 0 Å². The van der Waals surface area contributed by atoms with E-state index in [1.54, 1.807) is 18.2 Å². The van der Waals surface area contributed by atoms with Crippen LogP contribution in [-0.4, -0.2) is 27.8 Å². The molecule has 12 heteroatoms. The Morgan fingerprint density at radius 3 is 2.41 bits per heavy atom. The zero-order valence-corrected chi connectivity index (χ0v) is 19.1. The maximum atomic E-state index is 13.9. The van der Waals surface area contributed by atoms with Crippen LogP contribution < -0.4 is 16.0 Å². The van der Waals surface area contributed by atoms with E-state index in [1.807, 2.05) is 0 Å². The lowest BCUT2D eigenvalue weighted by atomic mass is 9.87. The number of aromatic nitrogens is 2. The van der Waals surface area contributed by atoms with Crippen LogP contribution in [0.15, 0.2) is 59.6 Å². The lowest BCUT2D eigenvalue weighted by Gasteiger charge is -2.30. The molecule has 2 heterocycles. The largest absolute Gasteiger partial charge is 0.341 e. The van der Waals surface area contributed by atoms with Crippen LogP contribution in [0.1, 0.15) is 18.5 Å². The number of aliphatic imine (C=N–C) groups is 1. The van der Waals surface area contributed by atoms with Gasteiger partial charge in [0.1, 0.15) is 17.6 Å². The third kappa shape index (κ3) is 4.85. The van der Waals surface area contributed by atoms with Crippen LogP contribution in [0.3, 0.4) is 0 Å². The molecule has 0 spiro atoms. The molecule has 1 aliphatic rings. The number of aromatic amines is 1. The normalized spacial score (nSPS) is 17.3. The number of hydrogen-bond acceptors (Lipinski definition) is 4. The lowest BCUT2D eigenvalue weighted by molar-refractivity contribution is -0.118. The van der Waals surface area contributed by atoms with Crippen molar-refractivity contribution >= 4 is 45.7 Å². The van der Waals surface area contributed by atoms with E-state index in [2.05, 4.69) is 31.1 Å². The van der Waals surface area contributed by atoms with Crippen molar-refractivity contribution in [3.63, 3.8) is 0 Å². The number of carbonyl (C=O) groups is 2. The van der Waals surface area contributed by atoms with Gasteiger partial charge in [-0.15, -0.1) is 0 Å². The molecule has 8 nitrogen and oxygen atoms in total. The zero-order valence-electron chi connectivity index (χ0n) is 19.1. The average molecular weight is 510 g/mol. The molecule has 1 aromatic heterocycles. The number of rotatable bonds is 5. The Labute approximate surface area is 206 Å². The molecule has 3 amide bonds. The molecular formula is C25H18F4N6O2. The molecule has 37 heavy (non-hydrogen) atoms. The third-order valence-corrected chi connectivity index (χ3v) is 5.88. The molecule has 0 saturated heterocycles. The Bertz CT molecular complexity index is 1560. The van der Waals surface area contributed by atoms with Gasteiger partial charge in [0.15, 0.2) is 17.5 Å². The van der Waals surface area contributed by atoms with Crippen LogP contribution in [-0.2, 0) is 4.79 Å². The van der Waals surface area contributed by atoms with Gasteiger partial charge < -0.3 is 16.0 Å². The number of amides is 3. The zero-order chi connectivity index (χ0) is 26.3. The van der Waals surface area contributed by atoms with E-state index in [9.17, 15) is 27.2 Å². The first kappa shape index (κ1) is 24.0. The van der Waals surface area contributed by atoms with Crippen LogP contribution in [0.2, 0.25) is 0 Å². The minimum atomic E-state index is -1.12. The van der Waals surface area contributed by atoms with Crippen molar-refractivity contribution in [3.05, 3.63) is 83.4 Å². The summed E-state index contributed by atoms with van der Waals surface area (Å²) < 4.78 is 54.5. The summed E-state index contributed by atoms with van der Waals surface area (Å²) in [5.74, 6) is -5.01. The number of carbonyl (C=O) groups excluding carboxylic acids is 2. The molecule has 188 valence electrons. The van der Waals surface area contributed by atoms with Crippen molar-refractivity contribution in [1.29, 1.82) is 0 Å². The summed E-state index contributed by atoms with van der Waals surface area (Å²) in [6.45, 7) is 1.50. The molecule has 4 N–H and O–H groups in total.